The summed E-state index contributed by atoms with van der Waals surface area (Å²) in [6.07, 6.45) is 0.215. The summed E-state index contributed by atoms with van der Waals surface area (Å²) in [5, 5.41) is 1.28. The number of fused-ring (bicyclic) bond motifs is 3. The zero-order valence-electron chi connectivity index (χ0n) is 15.4. The van der Waals surface area contributed by atoms with E-state index < -0.39 is 34.7 Å². The van der Waals surface area contributed by atoms with E-state index in [1.807, 2.05) is 6.07 Å². The lowest BCUT2D eigenvalue weighted by Crippen LogP contribution is -2.16. The van der Waals surface area contributed by atoms with E-state index in [0.29, 0.717) is 10.9 Å². The summed E-state index contributed by atoms with van der Waals surface area (Å²) in [7, 11) is -3.09. The van der Waals surface area contributed by atoms with Gasteiger partial charge in [0, 0.05) is 29.2 Å². The number of hydrogen-bond donors (Lipinski definition) is 3. The quantitative estimate of drug-likeness (QED) is 0.407. The van der Waals surface area contributed by atoms with Crippen LogP contribution in [0.5, 0.6) is 11.6 Å². The molecule has 0 aliphatic heterocycles. The smallest absolute Gasteiger partial charge is 0.272 e. The molecule has 12 heteroatoms. The molecule has 8 nitrogen and oxygen atoms in total. The molecule has 1 aromatic carbocycles. The van der Waals surface area contributed by atoms with Gasteiger partial charge < -0.3 is 19.4 Å². The largest absolute Gasteiger partial charge is 0.482 e. The van der Waals surface area contributed by atoms with Crippen LogP contribution in [0.3, 0.4) is 0 Å². The summed E-state index contributed by atoms with van der Waals surface area (Å²) in [5.74, 6) is -2.50. The van der Waals surface area contributed by atoms with Gasteiger partial charge in [-0.05, 0) is 6.07 Å². The molecule has 30 heavy (non-hydrogen) atoms. The molecule has 3 heterocycles. The summed E-state index contributed by atoms with van der Waals surface area (Å²) in [4.78, 5) is 9.52. The van der Waals surface area contributed by atoms with E-state index in [2.05, 4.69) is 19.7 Å². The molecule has 0 aliphatic carbocycles. The number of pyridine rings is 1. The minimum atomic E-state index is -4.25. The molecule has 0 radical (unpaired) electrons. The highest BCUT2D eigenvalue weighted by atomic mass is 32.2. The Morgan fingerprint density at radius 3 is 2.73 bits per heavy atom. The molecule has 4 aromatic rings. The number of aromatic amines is 2. The highest BCUT2D eigenvalue weighted by Gasteiger charge is 2.24. The van der Waals surface area contributed by atoms with Crippen molar-refractivity contribution in [1.29, 1.82) is 0 Å². The number of nitrogens with one attached hydrogen (secondary N) is 3. The van der Waals surface area contributed by atoms with Gasteiger partial charge in [-0.1, -0.05) is 12.1 Å². The van der Waals surface area contributed by atoms with Crippen molar-refractivity contribution in [3.8, 4) is 11.6 Å². The molecule has 0 atom stereocenters. The fourth-order valence-corrected chi connectivity index (χ4v) is 4.21. The van der Waals surface area contributed by atoms with Gasteiger partial charge in [-0.3, -0.25) is 4.72 Å². The van der Waals surface area contributed by atoms with Crippen molar-refractivity contribution in [2.75, 3.05) is 18.4 Å². The molecule has 4 rings (SSSR count). The minimum Gasteiger partial charge on any atom is -0.482 e. The number of ether oxygens (including phenoxy) is 2. The minimum absolute atomic E-state index is 0.118. The van der Waals surface area contributed by atoms with E-state index in [1.54, 1.807) is 18.3 Å². The van der Waals surface area contributed by atoms with Gasteiger partial charge in [0.05, 0.1) is 18.1 Å². The van der Waals surface area contributed by atoms with Crippen LogP contribution in [0.15, 0.2) is 41.6 Å². The van der Waals surface area contributed by atoms with Gasteiger partial charge in [0.2, 0.25) is 0 Å². The number of halogens is 3. The molecular weight excluding hydrogens is 425 g/mol. The van der Waals surface area contributed by atoms with Gasteiger partial charge in [0.15, 0.2) is 17.4 Å². The predicted octanol–water partition coefficient (Wildman–Crippen LogP) is 3.64. The summed E-state index contributed by atoms with van der Waals surface area (Å²) in [6, 6.07) is 5.94. The highest BCUT2D eigenvalue weighted by molar-refractivity contribution is 7.93. The van der Waals surface area contributed by atoms with E-state index in [-0.39, 0.29) is 16.5 Å². The molecule has 0 unspecified atom stereocenters. The first-order valence-corrected chi connectivity index (χ1v) is 10.0. The van der Waals surface area contributed by atoms with E-state index in [0.717, 1.165) is 24.1 Å². The van der Waals surface area contributed by atoms with Gasteiger partial charge >= 0.3 is 0 Å². The Morgan fingerprint density at radius 2 is 2.00 bits per heavy atom. The molecule has 0 fully saturated rings. The Hall–Kier alpha value is -3.41. The lowest BCUT2D eigenvalue weighted by Gasteiger charge is -2.13. The van der Waals surface area contributed by atoms with Gasteiger partial charge in [-0.2, -0.15) is 4.98 Å². The molecular formula is C18H15F3N4O4S. The molecule has 3 aromatic heterocycles. The number of methoxy groups -OCH3 is 1. The first kappa shape index (κ1) is 19.9. The molecule has 0 amide bonds. The summed E-state index contributed by atoms with van der Waals surface area (Å²) in [6.45, 7) is -0.995. The second-order valence-electron chi connectivity index (χ2n) is 6.22. The first-order chi connectivity index (χ1) is 14.3. The molecule has 3 N–H and O–H groups in total. The molecule has 0 bridgehead atoms. The van der Waals surface area contributed by atoms with Gasteiger partial charge in [-0.25, -0.2) is 21.6 Å². The number of nitrogens with zero attached hydrogens (tertiary/aromatic N) is 1. The van der Waals surface area contributed by atoms with E-state index in [9.17, 15) is 21.6 Å². The summed E-state index contributed by atoms with van der Waals surface area (Å²) < 4.78 is 76.6. The molecule has 0 aliphatic rings. The zero-order chi connectivity index (χ0) is 21.5. The molecule has 0 saturated heterocycles. The third kappa shape index (κ3) is 3.49. The normalized spacial score (nSPS) is 12.0. The van der Waals surface area contributed by atoms with Crippen molar-refractivity contribution < 1.29 is 31.1 Å². The van der Waals surface area contributed by atoms with Crippen molar-refractivity contribution in [2.45, 2.75) is 11.3 Å². The maximum atomic E-state index is 14.4. The maximum absolute atomic E-state index is 14.4. The van der Waals surface area contributed by atoms with E-state index in [1.165, 1.54) is 6.20 Å². The van der Waals surface area contributed by atoms with Gasteiger partial charge in [-0.15, -0.1) is 0 Å². The van der Waals surface area contributed by atoms with E-state index in [4.69, 9.17) is 9.47 Å². The predicted molar refractivity (Wildman–Crippen MR) is 103 cm³/mol. The number of aromatic nitrogens is 3. The van der Waals surface area contributed by atoms with Crippen molar-refractivity contribution >= 4 is 37.6 Å². The lowest BCUT2D eigenvalue weighted by molar-refractivity contribution is 0.0799. The van der Waals surface area contributed by atoms with Crippen LogP contribution in [-0.4, -0.2) is 43.5 Å². The van der Waals surface area contributed by atoms with Crippen LogP contribution in [0, 0.1) is 5.82 Å². The summed E-state index contributed by atoms with van der Waals surface area (Å²) >= 11 is 0. The Morgan fingerprint density at radius 1 is 1.20 bits per heavy atom. The van der Waals surface area contributed by atoms with Crippen LogP contribution in [0.1, 0.15) is 0 Å². The van der Waals surface area contributed by atoms with Crippen molar-refractivity contribution in [3.05, 3.63) is 42.5 Å². The van der Waals surface area contributed by atoms with E-state index >= 15 is 0 Å². The number of anilines is 1. The number of sulfonamides is 1. The fourth-order valence-electron chi connectivity index (χ4n) is 3.03. The third-order valence-electron chi connectivity index (χ3n) is 4.33. The number of alkyl halides is 2. The number of hydrogen-bond acceptors (Lipinski definition) is 5. The average Bonchev–Trinajstić information content (AvgIpc) is 3.34. The van der Waals surface area contributed by atoms with Gasteiger partial charge in [0.25, 0.3) is 22.3 Å². The van der Waals surface area contributed by atoms with Crippen LogP contribution in [0.2, 0.25) is 0 Å². The fraction of sp³-hybridized carbons (Fsp3) is 0.167. The first-order valence-electron chi connectivity index (χ1n) is 8.55. The highest BCUT2D eigenvalue weighted by Crippen LogP contribution is 2.32. The zero-order valence-corrected chi connectivity index (χ0v) is 16.2. The van der Waals surface area contributed by atoms with Crippen LogP contribution < -0.4 is 14.2 Å². The Balaban J connectivity index is 1.70. The Bertz CT molecular complexity index is 1330. The second kappa shape index (κ2) is 7.44. The van der Waals surface area contributed by atoms with Crippen LogP contribution in [0.25, 0.3) is 21.8 Å². The van der Waals surface area contributed by atoms with Crippen LogP contribution >= 0.6 is 0 Å². The Kier molecular flexibility index (Phi) is 4.94. The standard InChI is InChI=1S/C18H15F3N4O4S/c1-28-18-12(29-8-14(20)21)6-11(19)17(24-18)25-30(26,27)13-7-23-16-10(13)3-2-9-4-5-22-15(9)16/h2-7,14,22-23H,8H2,1H3,(H,24,25). The lowest BCUT2D eigenvalue weighted by atomic mass is 10.2. The van der Waals surface area contributed by atoms with Crippen molar-refractivity contribution in [1.82, 2.24) is 15.0 Å². The van der Waals surface area contributed by atoms with Crippen LogP contribution in [0.4, 0.5) is 19.0 Å². The van der Waals surface area contributed by atoms with Crippen LogP contribution in [-0.2, 0) is 10.0 Å². The van der Waals surface area contributed by atoms with Gasteiger partial charge in [0.1, 0.15) is 11.5 Å². The van der Waals surface area contributed by atoms with Crippen molar-refractivity contribution in [2.24, 2.45) is 0 Å². The molecule has 158 valence electrons. The monoisotopic (exact) mass is 440 g/mol. The number of rotatable bonds is 7. The SMILES string of the molecule is COc1nc(NS(=O)(=O)c2c[nH]c3c2ccc2cc[nH]c23)c(F)cc1OCC(F)F. The average molecular weight is 440 g/mol. The second-order valence-corrected chi connectivity index (χ2v) is 7.87. The number of benzene rings is 1. The molecule has 0 saturated carbocycles. The third-order valence-corrected chi connectivity index (χ3v) is 5.71. The summed E-state index contributed by atoms with van der Waals surface area (Å²) in [5.41, 5.74) is 1.29. The molecule has 0 spiro atoms. The number of H-pyrrole nitrogens is 2. The maximum Gasteiger partial charge on any atom is 0.272 e. The van der Waals surface area contributed by atoms with Crippen molar-refractivity contribution in [3.63, 3.8) is 0 Å². The topological polar surface area (TPSA) is 109 Å². The Labute approximate surface area is 168 Å².